The Morgan fingerprint density at radius 3 is 2.24 bits per heavy atom. The van der Waals surface area contributed by atoms with E-state index in [4.69, 9.17) is 0 Å². The molecule has 1 N–H and O–H groups in total. The van der Waals surface area contributed by atoms with Gasteiger partial charge < -0.3 is 10.2 Å². The molecule has 2 heterocycles. The van der Waals surface area contributed by atoms with Crippen LogP contribution in [0, 0.1) is 5.82 Å². The van der Waals surface area contributed by atoms with E-state index in [-0.39, 0.29) is 31.9 Å². The van der Waals surface area contributed by atoms with Crippen LogP contribution in [0.3, 0.4) is 0 Å². The first-order valence-corrected chi connectivity index (χ1v) is 12.4. The molecule has 0 aliphatic carbocycles. The lowest BCUT2D eigenvalue weighted by Crippen LogP contribution is -2.53. The van der Waals surface area contributed by atoms with E-state index >= 15 is 0 Å². The molecule has 0 radical (unpaired) electrons. The summed E-state index contributed by atoms with van der Waals surface area (Å²) in [6.45, 7) is 1.62. The topological polar surface area (TPSA) is 107 Å². The maximum absolute atomic E-state index is 13.3. The van der Waals surface area contributed by atoms with Gasteiger partial charge in [-0.2, -0.15) is 4.31 Å². The minimum Gasteiger partial charge on any atom is -0.338 e. The van der Waals surface area contributed by atoms with Gasteiger partial charge in [-0.05, 0) is 30.2 Å². The van der Waals surface area contributed by atoms with E-state index in [9.17, 15) is 27.2 Å². The van der Waals surface area contributed by atoms with Gasteiger partial charge in [-0.25, -0.2) is 17.6 Å². The zero-order valence-corrected chi connectivity index (χ0v) is 19.4. The second-order valence-electron chi connectivity index (χ2n) is 8.47. The Morgan fingerprint density at radius 2 is 1.62 bits per heavy atom. The molecule has 34 heavy (non-hydrogen) atoms. The summed E-state index contributed by atoms with van der Waals surface area (Å²) in [7, 11) is -3.53. The molecule has 1 unspecified atom stereocenters. The Hall–Kier alpha value is -3.31. The van der Waals surface area contributed by atoms with E-state index < -0.39 is 45.8 Å². The molecule has 11 heteroatoms. The number of urea groups is 1. The number of carbonyl (C=O) groups is 3. The molecule has 2 fully saturated rings. The molecule has 0 bridgehead atoms. The molecule has 2 aromatic carbocycles. The normalized spacial score (nSPS) is 21.6. The molecule has 0 spiro atoms. The Balaban J connectivity index is 1.36. The molecule has 2 aromatic rings. The number of benzene rings is 2. The van der Waals surface area contributed by atoms with E-state index in [1.54, 1.807) is 24.3 Å². The Kier molecular flexibility index (Phi) is 6.41. The second kappa shape index (κ2) is 9.15. The van der Waals surface area contributed by atoms with Gasteiger partial charge in [0.2, 0.25) is 15.9 Å². The predicted octanol–water partition coefficient (Wildman–Crippen LogP) is 1.27. The lowest BCUT2D eigenvalue weighted by atomic mass is 9.92. The van der Waals surface area contributed by atoms with Gasteiger partial charge in [0.25, 0.3) is 5.91 Å². The molecule has 0 saturated carbocycles. The van der Waals surface area contributed by atoms with Crippen molar-refractivity contribution in [1.82, 2.24) is 19.4 Å². The van der Waals surface area contributed by atoms with Gasteiger partial charge >= 0.3 is 6.03 Å². The number of piperazine rings is 1. The van der Waals surface area contributed by atoms with Gasteiger partial charge in [-0.1, -0.05) is 42.5 Å². The van der Waals surface area contributed by atoms with E-state index in [1.807, 2.05) is 6.07 Å². The summed E-state index contributed by atoms with van der Waals surface area (Å²) >= 11 is 0. The first-order valence-electron chi connectivity index (χ1n) is 10.8. The van der Waals surface area contributed by atoms with E-state index in [0.29, 0.717) is 11.1 Å². The number of carbonyl (C=O) groups excluding carboxylic acids is 3. The lowest BCUT2D eigenvalue weighted by Gasteiger charge is -2.34. The van der Waals surface area contributed by atoms with Crippen LogP contribution in [0.2, 0.25) is 0 Å². The third-order valence-electron chi connectivity index (χ3n) is 6.17. The highest BCUT2D eigenvalue weighted by molar-refractivity contribution is 7.88. The lowest BCUT2D eigenvalue weighted by molar-refractivity contribution is -0.139. The van der Waals surface area contributed by atoms with Crippen LogP contribution in [0.4, 0.5) is 9.18 Å². The summed E-state index contributed by atoms with van der Waals surface area (Å²) in [6.07, 6.45) is 0. The van der Waals surface area contributed by atoms with Crippen molar-refractivity contribution >= 4 is 27.9 Å². The molecule has 1 atom stereocenters. The monoisotopic (exact) mass is 488 g/mol. The summed E-state index contributed by atoms with van der Waals surface area (Å²) in [4.78, 5) is 40.6. The van der Waals surface area contributed by atoms with Crippen molar-refractivity contribution in [2.75, 3.05) is 32.7 Å². The number of nitrogens with one attached hydrogen (secondary N) is 1. The standard InChI is InChI=1S/C23H25FN4O5S/c1-23(18-7-9-19(24)10-8-18)21(30)28(22(31)25-23)15-20(29)26-11-13-27(14-12-26)34(32,33)16-17-5-3-2-4-6-17/h2-10H,11-16H2,1H3,(H,25,31). The van der Waals surface area contributed by atoms with E-state index in [1.165, 1.54) is 40.4 Å². The maximum Gasteiger partial charge on any atom is 0.325 e. The SMILES string of the molecule is CC1(c2ccc(F)cc2)NC(=O)N(CC(=O)N2CCN(S(=O)(=O)Cc3ccccc3)CC2)C1=O. The van der Waals surface area contributed by atoms with Crippen molar-refractivity contribution in [2.24, 2.45) is 0 Å². The Bertz CT molecular complexity index is 1200. The largest absolute Gasteiger partial charge is 0.338 e. The summed E-state index contributed by atoms with van der Waals surface area (Å²) in [6, 6.07) is 13.4. The first kappa shape index (κ1) is 23.8. The summed E-state index contributed by atoms with van der Waals surface area (Å²) in [5.74, 6) is -1.65. The van der Waals surface area contributed by atoms with Crippen LogP contribution in [0.25, 0.3) is 0 Å². The van der Waals surface area contributed by atoms with Crippen LogP contribution in [0.1, 0.15) is 18.1 Å². The van der Waals surface area contributed by atoms with Gasteiger partial charge in [0.1, 0.15) is 17.9 Å². The van der Waals surface area contributed by atoms with Crippen molar-refractivity contribution < 1.29 is 27.2 Å². The minimum absolute atomic E-state index is 0.119. The molecule has 2 aliphatic heterocycles. The molecule has 2 aliphatic rings. The number of hydrogen-bond acceptors (Lipinski definition) is 5. The van der Waals surface area contributed by atoms with Crippen LogP contribution in [-0.4, -0.2) is 73.1 Å². The van der Waals surface area contributed by atoms with Gasteiger partial charge in [0.05, 0.1) is 5.75 Å². The predicted molar refractivity (Wildman–Crippen MR) is 121 cm³/mol. The smallest absolute Gasteiger partial charge is 0.325 e. The van der Waals surface area contributed by atoms with Crippen LogP contribution in [-0.2, 0) is 30.9 Å². The van der Waals surface area contributed by atoms with Crippen molar-refractivity contribution in [3.05, 3.63) is 71.5 Å². The molecular weight excluding hydrogens is 463 g/mol. The fourth-order valence-electron chi connectivity index (χ4n) is 4.15. The van der Waals surface area contributed by atoms with Crippen LogP contribution >= 0.6 is 0 Å². The maximum atomic E-state index is 13.3. The van der Waals surface area contributed by atoms with Gasteiger partial charge in [0.15, 0.2) is 0 Å². The number of nitrogens with zero attached hydrogens (tertiary/aromatic N) is 3. The molecule has 0 aromatic heterocycles. The van der Waals surface area contributed by atoms with Crippen LogP contribution in [0.15, 0.2) is 54.6 Å². The Morgan fingerprint density at radius 1 is 1.00 bits per heavy atom. The molecule has 2 saturated heterocycles. The number of rotatable bonds is 6. The quantitative estimate of drug-likeness (QED) is 0.617. The van der Waals surface area contributed by atoms with Gasteiger partial charge in [-0.15, -0.1) is 0 Å². The van der Waals surface area contributed by atoms with E-state index in [0.717, 1.165) is 4.90 Å². The molecule has 9 nitrogen and oxygen atoms in total. The number of amides is 4. The molecule has 4 rings (SSSR count). The van der Waals surface area contributed by atoms with Crippen LogP contribution in [0.5, 0.6) is 0 Å². The third-order valence-corrected chi connectivity index (χ3v) is 8.02. The molecular formula is C23H25FN4O5S. The average Bonchev–Trinajstić information content (AvgIpc) is 3.03. The Labute approximate surface area is 197 Å². The third kappa shape index (κ3) is 4.66. The van der Waals surface area contributed by atoms with Crippen molar-refractivity contribution in [3.8, 4) is 0 Å². The van der Waals surface area contributed by atoms with Crippen molar-refractivity contribution in [1.29, 1.82) is 0 Å². The average molecular weight is 489 g/mol. The fraction of sp³-hybridized carbons (Fsp3) is 0.348. The van der Waals surface area contributed by atoms with Gasteiger partial charge in [-0.3, -0.25) is 14.5 Å². The van der Waals surface area contributed by atoms with Crippen molar-refractivity contribution in [2.45, 2.75) is 18.2 Å². The van der Waals surface area contributed by atoms with Gasteiger partial charge in [0, 0.05) is 26.2 Å². The van der Waals surface area contributed by atoms with E-state index in [2.05, 4.69) is 5.32 Å². The zero-order chi connectivity index (χ0) is 24.5. The summed E-state index contributed by atoms with van der Waals surface area (Å²) in [5.41, 5.74) is -0.321. The fourth-order valence-corrected chi connectivity index (χ4v) is 5.66. The molecule has 180 valence electrons. The zero-order valence-electron chi connectivity index (χ0n) is 18.6. The first-order chi connectivity index (χ1) is 16.1. The molecule has 4 amide bonds. The summed E-state index contributed by atoms with van der Waals surface area (Å²) < 4.78 is 40.0. The highest BCUT2D eigenvalue weighted by Crippen LogP contribution is 2.29. The highest BCUT2D eigenvalue weighted by atomic mass is 32.2. The highest BCUT2D eigenvalue weighted by Gasteiger charge is 2.49. The van der Waals surface area contributed by atoms with Crippen LogP contribution < -0.4 is 5.32 Å². The number of hydrogen-bond donors (Lipinski definition) is 1. The number of sulfonamides is 1. The summed E-state index contributed by atoms with van der Waals surface area (Å²) in [5, 5.41) is 2.58. The minimum atomic E-state index is -3.53. The number of halogens is 1. The number of imide groups is 1. The second-order valence-corrected chi connectivity index (χ2v) is 10.4. The van der Waals surface area contributed by atoms with Crippen molar-refractivity contribution in [3.63, 3.8) is 0 Å².